The monoisotopic (exact) mass is 573 g/mol. The maximum atomic E-state index is 12.1. The van der Waals surface area contributed by atoms with Gasteiger partial charge in [0.1, 0.15) is 6.61 Å². The summed E-state index contributed by atoms with van der Waals surface area (Å²) < 4.78 is 13.7. The van der Waals surface area contributed by atoms with Gasteiger partial charge in [-0.25, -0.2) is 0 Å². The average Bonchev–Trinajstić information content (AvgIpc) is 2.89. The van der Waals surface area contributed by atoms with Crippen LogP contribution < -0.4 is 9.47 Å². The zero-order chi connectivity index (χ0) is 20.3. The van der Waals surface area contributed by atoms with Crippen LogP contribution in [0.4, 0.5) is 4.79 Å². The number of halogens is 2. The molecule has 2 aromatic rings. The molecule has 146 valence electrons. The Morgan fingerprint density at radius 2 is 1.89 bits per heavy atom. The molecule has 5 nitrogen and oxygen atoms in total. The molecule has 8 heteroatoms. The second-order valence-corrected chi connectivity index (χ2v) is 8.99. The standard InChI is InChI=1S/C20H17BrINO4S/c1-3-26-16-9-13(10-17-19(24)23(2)20(25)28-17)8-15(22)18(16)27-11-12-4-6-14(21)7-5-12/h4-10H,3,11H2,1-2H3/b17-10-. The summed E-state index contributed by atoms with van der Waals surface area (Å²) in [5, 5.41) is -0.273. The van der Waals surface area contributed by atoms with Gasteiger partial charge in [-0.2, -0.15) is 0 Å². The van der Waals surface area contributed by atoms with Gasteiger partial charge in [0.05, 0.1) is 15.1 Å². The van der Waals surface area contributed by atoms with E-state index in [-0.39, 0.29) is 11.1 Å². The molecule has 2 aromatic carbocycles. The number of carbonyl (C=O) groups is 2. The minimum Gasteiger partial charge on any atom is -0.490 e. The molecule has 1 heterocycles. The van der Waals surface area contributed by atoms with Gasteiger partial charge >= 0.3 is 0 Å². The first-order valence-corrected chi connectivity index (χ1v) is 11.1. The van der Waals surface area contributed by atoms with Gasteiger partial charge in [0.25, 0.3) is 11.1 Å². The molecule has 2 amide bonds. The highest BCUT2D eigenvalue weighted by atomic mass is 127. The van der Waals surface area contributed by atoms with Crippen molar-refractivity contribution in [2.45, 2.75) is 13.5 Å². The summed E-state index contributed by atoms with van der Waals surface area (Å²) in [6, 6.07) is 11.7. The first-order chi connectivity index (χ1) is 13.4. The summed E-state index contributed by atoms with van der Waals surface area (Å²) in [5.74, 6) is 0.970. The molecule has 1 aliphatic heterocycles. The van der Waals surface area contributed by atoms with Crippen LogP contribution in [0, 0.1) is 3.57 Å². The lowest BCUT2D eigenvalue weighted by molar-refractivity contribution is -0.121. The lowest BCUT2D eigenvalue weighted by atomic mass is 10.1. The maximum absolute atomic E-state index is 12.1. The number of ether oxygens (including phenoxy) is 2. The molecule has 0 bridgehead atoms. The number of benzene rings is 2. The number of rotatable bonds is 6. The van der Waals surface area contributed by atoms with Crippen molar-refractivity contribution >= 4 is 67.5 Å². The number of hydrogen-bond acceptors (Lipinski definition) is 5. The van der Waals surface area contributed by atoms with Gasteiger partial charge in [-0.05, 0) is 82.7 Å². The van der Waals surface area contributed by atoms with Crippen LogP contribution in [0.3, 0.4) is 0 Å². The van der Waals surface area contributed by atoms with Gasteiger partial charge < -0.3 is 9.47 Å². The Balaban J connectivity index is 1.86. The molecular weight excluding hydrogens is 557 g/mol. The summed E-state index contributed by atoms with van der Waals surface area (Å²) >= 11 is 6.55. The number of likely N-dealkylation sites (N-methyl/N-ethyl adjacent to an activating group) is 1. The quantitative estimate of drug-likeness (QED) is 0.328. The Bertz CT molecular complexity index is 946. The van der Waals surface area contributed by atoms with Gasteiger partial charge in [-0.15, -0.1) is 0 Å². The van der Waals surface area contributed by atoms with E-state index in [4.69, 9.17) is 9.47 Å². The third-order valence-electron chi connectivity index (χ3n) is 3.91. The Hall–Kier alpha value is -1.52. The van der Waals surface area contributed by atoms with Crippen LogP contribution in [0.1, 0.15) is 18.1 Å². The zero-order valence-corrected chi connectivity index (χ0v) is 19.8. The summed E-state index contributed by atoms with van der Waals surface area (Å²) in [7, 11) is 1.48. The minimum absolute atomic E-state index is 0.273. The van der Waals surface area contributed by atoms with Crippen LogP contribution in [-0.4, -0.2) is 29.7 Å². The van der Waals surface area contributed by atoms with Crippen molar-refractivity contribution < 1.29 is 19.1 Å². The van der Waals surface area contributed by atoms with E-state index < -0.39 is 0 Å². The highest BCUT2D eigenvalue weighted by Crippen LogP contribution is 2.37. The summed E-state index contributed by atoms with van der Waals surface area (Å²) in [6.07, 6.45) is 1.71. The first kappa shape index (κ1) is 21.2. The molecular formula is C20H17BrINO4S. The summed E-state index contributed by atoms with van der Waals surface area (Å²) in [5.41, 5.74) is 1.82. The maximum Gasteiger partial charge on any atom is 0.293 e. The minimum atomic E-state index is -0.293. The topological polar surface area (TPSA) is 55.8 Å². The van der Waals surface area contributed by atoms with Gasteiger partial charge in [0.15, 0.2) is 11.5 Å². The fraction of sp³-hybridized carbons (Fsp3) is 0.200. The van der Waals surface area contributed by atoms with Gasteiger partial charge in [-0.3, -0.25) is 14.5 Å². The number of carbonyl (C=O) groups excluding carboxylic acids is 2. The first-order valence-electron chi connectivity index (χ1n) is 8.44. The van der Waals surface area contributed by atoms with E-state index in [2.05, 4.69) is 38.5 Å². The van der Waals surface area contributed by atoms with Crippen LogP contribution in [0.5, 0.6) is 11.5 Å². The second-order valence-electron chi connectivity index (χ2n) is 5.92. The molecule has 0 saturated carbocycles. The largest absolute Gasteiger partial charge is 0.490 e. The highest BCUT2D eigenvalue weighted by Gasteiger charge is 2.31. The van der Waals surface area contributed by atoms with E-state index in [1.807, 2.05) is 43.3 Å². The molecule has 1 fully saturated rings. The van der Waals surface area contributed by atoms with Crippen molar-refractivity contribution in [2.75, 3.05) is 13.7 Å². The third kappa shape index (κ3) is 4.90. The molecule has 3 rings (SSSR count). The summed E-state index contributed by atoms with van der Waals surface area (Å²) in [4.78, 5) is 25.3. The van der Waals surface area contributed by atoms with E-state index in [1.54, 1.807) is 6.08 Å². The number of nitrogens with zero attached hydrogens (tertiary/aromatic N) is 1. The van der Waals surface area contributed by atoms with Crippen molar-refractivity contribution in [1.29, 1.82) is 0 Å². The zero-order valence-electron chi connectivity index (χ0n) is 15.2. The van der Waals surface area contributed by atoms with E-state index in [1.165, 1.54) is 7.05 Å². The van der Waals surface area contributed by atoms with Crippen LogP contribution >= 0.6 is 50.3 Å². The number of hydrogen-bond donors (Lipinski definition) is 0. The molecule has 0 N–H and O–H groups in total. The highest BCUT2D eigenvalue weighted by molar-refractivity contribution is 14.1. The Labute approximate surface area is 189 Å². The molecule has 0 spiro atoms. The van der Waals surface area contributed by atoms with Crippen LogP contribution in [0.25, 0.3) is 6.08 Å². The SMILES string of the molecule is CCOc1cc(/C=C2\SC(=O)N(C)C2=O)cc(I)c1OCc1ccc(Br)cc1. The second kappa shape index (κ2) is 9.32. The molecule has 1 saturated heterocycles. The van der Waals surface area contributed by atoms with Gasteiger partial charge in [0, 0.05) is 11.5 Å². The number of imide groups is 1. The fourth-order valence-corrected chi connectivity index (χ4v) is 4.38. The Morgan fingerprint density at radius 1 is 1.18 bits per heavy atom. The van der Waals surface area contributed by atoms with Gasteiger partial charge in [-0.1, -0.05) is 28.1 Å². The molecule has 0 atom stereocenters. The van der Waals surface area contributed by atoms with Crippen LogP contribution in [0.2, 0.25) is 0 Å². The van der Waals surface area contributed by atoms with Crippen molar-refractivity contribution in [2.24, 2.45) is 0 Å². The molecule has 0 unspecified atom stereocenters. The number of amides is 2. The van der Waals surface area contributed by atoms with E-state index in [0.29, 0.717) is 29.6 Å². The lowest BCUT2D eigenvalue weighted by Crippen LogP contribution is -2.22. The Kier molecular flexibility index (Phi) is 7.05. The van der Waals surface area contributed by atoms with E-state index in [0.717, 1.165) is 35.8 Å². The smallest absolute Gasteiger partial charge is 0.293 e. The Morgan fingerprint density at radius 3 is 2.50 bits per heavy atom. The van der Waals surface area contributed by atoms with Crippen molar-refractivity contribution in [3.63, 3.8) is 0 Å². The van der Waals surface area contributed by atoms with Crippen molar-refractivity contribution in [3.05, 3.63) is 60.5 Å². The number of thioether (sulfide) groups is 1. The molecule has 0 aliphatic carbocycles. The molecule has 0 aromatic heterocycles. The fourth-order valence-electron chi connectivity index (χ4n) is 2.51. The van der Waals surface area contributed by atoms with Gasteiger partial charge in [0.2, 0.25) is 0 Å². The van der Waals surface area contributed by atoms with Crippen molar-refractivity contribution in [1.82, 2.24) is 4.90 Å². The lowest BCUT2D eigenvalue weighted by Gasteiger charge is -2.15. The van der Waals surface area contributed by atoms with E-state index in [9.17, 15) is 9.59 Å². The molecule has 1 aliphatic rings. The predicted molar refractivity (Wildman–Crippen MR) is 123 cm³/mol. The molecule has 0 radical (unpaired) electrons. The van der Waals surface area contributed by atoms with Crippen LogP contribution in [-0.2, 0) is 11.4 Å². The van der Waals surface area contributed by atoms with E-state index >= 15 is 0 Å². The summed E-state index contributed by atoms with van der Waals surface area (Å²) in [6.45, 7) is 2.80. The van der Waals surface area contributed by atoms with Crippen LogP contribution in [0.15, 0.2) is 45.8 Å². The van der Waals surface area contributed by atoms with Crippen molar-refractivity contribution in [3.8, 4) is 11.5 Å². The average molecular weight is 574 g/mol. The molecule has 28 heavy (non-hydrogen) atoms. The third-order valence-corrected chi connectivity index (χ3v) is 6.20. The predicted octanol–water partition coefficient (Wildman–Crippen LogP) is 5.70. The normalized spacial score (nSPS) is 15.4.